The zero-order valence-corrected chi connectivity index (χ0v) is 2.83. The molecule has 0 spiro atoms. The highest BCUT2D eigenvalue weighted by atomic mass is 14.0. The molecule has 26 valence electrons. The van der Waals surface area contributed by atoms with Gasteiger partial charge in [-0.1, -0.05) is 25.7 Å². The molecule has 0 aromatic carbocycles. The maximum absolute atomic E-state index is 1.50. The molecule has 0 aromatic rings. The van der Waals surface area contributed by atoms with Crippen molar-refractivity contribution >= 4 is 0 Å². The van der Waals surface area contributed by atoms with Gasteiger partial charge in [0.25, 0.3) is 0 Å². The number of hydrogen-bond donors (Lipinski definition) is 0. The van der Waals surface area contributed by atoms with E-state index in [-0.39, 0.29) is 1.43 Å². The van der Waals surface area contributed by atoms with Crippen LogP contribution in [-0.2, 0) is 0 Å². The molecule has 0 nitrogen and oxygen atoms in total. The van der Waals surface area contributed by atoms with Crippen LogP contribution in [0.3, 0.4) is 0 Å². The first-order chi connectivity index (χ1) is 2.00. The lowest BCUT2D eigenvalue weighted by atomic mass is 10.0. The van der Waals surface area contributed by atoms with E-state index in [0.29, 0.717) is 0 Å². The third-order valence-corrected chi connectivity index (χ3v) is 1.000. The molecule has 0 bridgehead atoms. The smallest absolute Gasteiger partial charge is 0 e. The third-order valence-electron chi connectivity index (χ3n) is 1.000. The van der Waals surface area contributed by atoms with Gasteiger partial charge in [0.15, 0.2) is 0 Å². The Kier molecular flexibility index (Phi) is 0.422. The lowest BCUT2D eigenvalue weighted by molar-refractivity contribution is 0.504. The van der Waals surface area contributed by atoms with Gasteiger partial charge in [-0.3, -0.25) is 0 Å². The lowest BCUT2D eigenvalue weighted by Crippen LogP contribution is -1.85. The SMILES string of the molecule is C1CCC1.[HH]. The minimum absolute atomic E-state index is 0. The van der Waals surface area contributed by atoms with E-state index in [4.69, 9.17) is 0 Å². The van der Waals surface area contributed by atoms with E-state index in [9.17, 15) is 0 Å². The van der Waals surface area contributed by atoms with Gasteiger partial charge in [0.05, 0.1) is 0 Å². The van der Waals surface area contributed by atoms with Crippen molar-refractivity contribution in [1.82, 2.24) is 0 Å². The second-order valence-electron chi connectivity index (χ2n) is 1.41. The van der Waals surface area contributed by atoms with Crippen LogP contribution in [0.1, 0.15) is 27.1 Å². The Morgan fingerprint density at radius 1 is 0.750 bits per heavy atom. The van der Waals surface area contributed by atoms with Crippen molar-refractivity contribution in [3.05, 3.63) is 0 Å². The maximum atomic E-state index is 1.50. The van der Waals surface area contributed by atoms with E-state index in [1.807, 2.05) is 0 Å². The topological polar surface area (TPSA) is 0 Å². The van der Waals surface area contributed by atoms with Crippen LogP contribution in [-0.4, -0.2) is 0 Å². The van der Waals surface area contributed by atoms with Gasteiger partial charge in [0.2, 0.25) is 0 Å². The first-order valence-corrected chi connectivity index (χ1v) is 2.00. The van der Waals surface area contributed by atoms with Crippen molar-refractivity contribution in [3.8, 4) is 0 Å². The fraction of sp³-hybridized carbons (Fsp3) is 1.00. The van der Waals surface area contributed by atoms with Crippen LogP contribution in [0.15, 0.2) is 0 Å². The van der Waals surface area contributed by atoms with Crippen molar-refractivity contribution in [2.24, 2.45) is 0 Å². The number of hydrogen-bond acceptors (Lipinski definition) is 0. The highest BCUT2D eigenvalue weighted by Crippen LogP contribution is 2.15. The Bertz CT molecular complexity index is 11.6. The lowest BCUT2D eigenvalue weighted by Gasteiger charge is -2.05. The Balaban J connectivity index is 0.000000160. The Morgan fingerprint density at radius 2 is 1.00 bits per heavy atom. The fourth-order valence-electron chi connectivity index (χ4n) is 0.250. The molecule has 1 saturated carbocycles. The molecule has 0 amide bonds. The molecular formula is C4H10. The molecule has 1 aliphatic rings. The monoisotopic (exact) mass is 58.1 g/mol. The van der Waals surface area contributed by atoms with Crippen LogP contribution in [0.2, 0.25) is 0 Å². The van der Waals surface area contributed by atoms with Crippen molar-refractivity contribution in [3.63, 3.8) is 0 Å². The summed E-state index contributed by atoms with van der Waals surface area (Å²) >= 11 is 0. The molecule has 0 atom stereocenters. The molecule has 0 heterocycles. The van der Waals surface area contributed by atoms with Gasteiger partial charge in [0, 0.05) is 1.43 Å². The van der Waals surface area contributed by atoms with Crippen molar-refractivity contribution in [1.29, 1.82) is 0 Å². The molecule has 4 heavy (non-hydrogen) atoms. The summed E-state index contributed by atoms with van der Waals surface area (Å²) in [5.41, 5.74) is 0. The Labute approximate surface area is 28.3 Å². The molecule has 0 aliphatic heterocycles. The summed E-state index contributed by atoms with van der Waals surface area (Å²) in [6, 6.07) is 0. The third kappa shape index (κ3) is 0.125. The average molecular weight is 58.1 g/mol. The van der Waals surface area contributed by atoms with Crippen molar-refractivity contribution in [2.45, 2.75) is 25.7 Å². The van der Waals surface area contributed by atoms with E-state index >= 15 is 0 Å². The molecule has 1 fully saturated rings. The molecule has 0 unspecified atom stereocenters. The maximum Gasteiger partial charge on any atom is 0 e. The summed E-state index contributed by atoms with van der Waals surface area (Å²) in [4.78, 5) is 0. The van der Waals surface area contributed by atoms with E-state index in [1.54, 1.807) is 0 Å². The van der Waals surface area contributed by atoms with Gasteiger partial charge in [-0.05, 0) is 0 Å². The highest BCUT2D eigenvalue weighted by molar-refractivity contribution is 4.50. The quantitative estimate of drug-likeness (QED) is 0.398. The standard InChI is InChI=1S/C4H8.H2/c1-2-4-3-1;/h1-4H2;1H. The molecule has 0 radical (unpaired) electrons. The van der Waals surface area contributed by atoms with Gasteiger partial charge in [-0.2, -0.15) is 0 Å². The van der Waals surface area contributed by atoms with E-state index in [0.717, 1.165) is 0 Å². The van der Waals surface area contributed by atoms with E-state index < -0.39 is 0 Å². The summed E-state index contributed by atoms with van der Waals surface area (Å²) in [5, 5.41) is 0. The normalized spacial score (nSPS) is 24.0. The Hall–Kier alpha value is 0. The van der Waals surface area contributed by atoms with Gasteiger partial charge in [-0.25, -0.2) is 0 Å². The van der Waals surface area contributed by atoms with Crippen LogP contribution in [0.5, 0.6) is 0 Å². The number of rotatable bonds is 0. The van der Waals surface area contributed by atoms with E-state index in [2.05, 4.69) is 0 Å². The van der Waals surface area contributed by atoms with Crippen molar-refractivity contribution < 1.29 is 1.43 Å². The molecule has 0 N–H and O–H groups in total. The van der Waals surface area contributed by atoms with Crippen LogP contribution in [0, 0.1) is 0 Å². The Morgan fingerprint density at radius 3 is 1.00 bits per heavy atom. The first kappa shape index (κ1) is 2.25. The highest BCUT2D eigenvalue weighted by Gasteiger charge is 1.95. The van der Waals surface area contributed by atoms with Crippen LogP contribution >= 0.6 is 0 Å². The minimum Gasteiger partial charge on any atom is -0.0533 e. The van der Waals surface area contributed by atoms with E-state index in [1.165, 1.54) is 25.7 Å². The molecule has 0 heteroatoms. The summed E-state index contributed by atoms with van der Waals surface area (Å²) in [5.74, 6) is 0. The first-order valence-electron chi connectivity index (χ1n) is 2.00. The molecular weight excluding hydrogens is 48.0 g/mol. The van der Waals surface area contributed by atoms with Crippen molar-refractivity contribution in [2.75, 3.05) is 0 Å². The molecule has 0 saturated heterocycles. The largest absolute Gasteiger partial charge is 0.0533 e. The fourth-order valence-corrected chi connectivity index (χ4v) is 0.250. The molecule has 0 aromatic heterocycles. The summed E-state index contributed by atoms with van der Waals surface area (Å²) < 4.78 is 0. The van der Waals surface area contributed by atoms with Crippen LogP contribution in [0.4, 0.5) is 0 Å². The predicted molar refractivity (Wildman–Crippen MR) is 20.6 cm³/mol. The summed E-state index contributed by atoms with van der Waals surface area (Å²) in [6.45, 7) is 0. The second kappa shape index (κ2) is 0.750. The minimum atomic E-state index is 0. The van der Waals surface area contributed by atoms with Crippen LogP contribution < -0.4 is 0 Å². The average Bonchev–Trinajstić information content (AvgIpc) is 0.722. The van der Waals surface area contributed by atoms with Gasteiger partial charge in [0.1, 0.15) is 0 Å². The zero-order chi connectivity index (χ0) is 2.83. The second-order valence-corrected chi connectivity index (χ2v) is 1.41. The zero-order valence-electron chi connectivity index (χ0n) is 2.83. The van der Waals surface area contributed by atoms with Gasteiger partial charge >= 0.3 is 0 Å². The van der Waals surface area contributed by atoms with Crippen LogP contribution in [0.25, 0.3) is 0 Å². The molecule has 1 rings (SSSR count). The molecule has 1 aliphatic carbocycles. The predicted octanol–water partition coefficient (Wildman–Crippen LogP) is 1.81. The van der Waals surface area contributed by atoms with Gasteiger partial charge < -0.3 is 0 Å². The summed E-state index contributed by atoms with van der Waals surface area (Å²) in [6.07, 6.45) is 6.00. The summed E-state index contributed by atoms with van der Waals surface area (Å²) in [7, 11) is 0. The van der Waals surface area contributed by atoms with Gasteiger partial charge in [-0.15, -0.1) is 0 Å².